The van der Waals surface area contributed by atoms with Crippen LogP contribution >= 0.6 is 0 Å². The van der Waals surface area contributed by atoms with E-state index in [9.17, 15) is 9.59 Å². The average molecular weight is 259 g/mol. The van der Waals surface area contributed by atoms with E-state index < -0.39 is 5.91 Å². The van der Waals surface area contributed by atoms with Crippen LogP contribution in [0.25, 0.3) is 0 Å². The minimum Gasteiger partial charge on any atom is -0.448 e. The van der Waals surface area contributed by atoms with Gasteiger partial charge in [0.25, 0.3) is 11.5 Å². The Hall–Kier alpha value is -2.37. The third-order valence-electron chi connectivity index (χ3n) is 3.25. The number of hydrogen-bond acceptors (Lipinski definition) is 4. The van der Waals surface area contributed by atoms with Crippen molar-refractivity contribution in [2.24, 2.45) is 0 Å². The van der Waals surface area contributed by atoms with E-state index >= 15 is 0 Å². The number of rotatable bonds is 3. The molecule has 0 aromatic carbocycles. The van der Waals surface area contributed by atoms with Gasteiger partial charge in [0.15, 0.2) is 11.6 Å². The summed E-state index contributed by atoms with van der Waals surface area (Å²) in [6.45, 7) is 0. The number of carbonyl (C=O) groups is 1. The molecule has 3 rings (SSSR count). The first-order valence-corrected chi connectivity index (χ1v) is 6.18. The third-order valence-corrected chi connectivity index (χ3v) is 3.25. The molecule has 2 aromatic heterocycles. The summed E-state index contributed by atoms with van der Waals surface area (Å²) in [4.78, 5) is 27.5. The topological polar surface area (TPSA) is 77.1 Å². The summed E-state index contributed by atoms with van der Waals surface area (Å²) in [5.74, 6) is 0.487. The lowest BCUT2D eigenvalue weighted by molar-refractivity contribution is 0.100. The van der Waals surface area contributed by atoms with E-state index in [2.05, 4.69) is 10.4 Å². The highest BCUT2D eigenvalue weighted by Gasteiger charge is 2.25. The number of amides is 1. The number of oxazole rings is 1. The summed E-state index contributed by atoms with van der Waals surface area (Å²) < 4.78 is 6.41. The van der Waals surface area contributed by atoms with Crippen LogP contribution in [-0.4, -0.2) is 15.6 Å². The highest BCUT2D eigenvalue weighted by atomic mass is 16.3. The quantitative estimate of drug-likeness (QED) is 0.905. The lowest BCUT2D eigenvalue weighted by atomic mass is 9.85. The van der Waals surface area contributed by atoms with Gasteiger partial charge in [-0.1, -0.05) is 12.5 Å². The summed E-state index contributed by atoms with van der Waals surface area (Å²) in [6, 6.07) is 4.63. The average Bonchev–Trinajstić information content (AvgIpc) is 2.79. The van der Waals surface area contributed by atoms with E-state index in [4.69, 9.17) is 4.42 Å². The Labute approximate surface area is 109 Å². The number of nitrogens with one attached hydrogen (secondary N) is 1. The molecular weight excluding hydrogens is 246 g/mol. The molecule has 0 unspecified atom stereocenters. The maximum atomic E-state index is 11.9. The van der Waals surface area contributed by atoms with Crippen LogP contribution in [0.1, 0.15) is 41.6 Å². The van der Waals surface area contributed by atoms with Crippen LogP contribution < -0.4 is 11.0 Å². The fourth-order valence-corrected chi connectivity index (χ4v) is 1.92. The minimum atomic E-state index is -0.456. The molecule has 98 valence electrons. The molecule has 1 saturated carbocycles. The van der Waals surface area contributed by atoms with Gasteiger partial charge in [-0.15, -0.1) is 0 Å². The first-order chi connectivity index (χ1) is 9.24. The summed E-state index contributed by atoms with van der Waals surface area (Å²) in [7, 11) is 0. The second-order valence-electron chi connectivity index (χ2n) is 4.55. The van der Waals surface area contributed by atoms with Crippen LogP contribution in [0, 0.1) is 0 Å². The predicted octanol–water partition coefficient (Wildman–Crippen LogP) is 1.49. The van der Waals surface area contributed by atoms with Gasteiger partial charge in [-0.25, -0.2) is 9.66 Å². The Morgan fingerprint density at radius 3 is 2.95 bits per heavy atom. The van der Waals surface area contributed by atoms with Crippen molar-refractivity contribution in [3.8, 4) is 0 Å². The van der Waals surface area contributed by atoms with E-state index in [0.717, 1.165) is 17.5 Å². The van der Waals surface area contributed by atoms with E-state index in [1.807, 2.05) is 0 Å². The van der Waals surface area contributed by atoms with Crippen LogP contribution in [0.5, 0.6) is 0 Å². The molecular formula is C13H13N3O3. The molecule has 0 radical (unpaired) electrons. The van der Waals surface area contributed by atoms with E-state index in [0.29, 0.717) is 11.8 Å². The molecule has 1 aliphatic rings. The van der Waals surface area contributed by atoms with E-state index in [1.54, 1.807) is 12.1 Å². The standard InChI is InChI=1S/C13H13N3O3/c17-11-6-1-2-7-16(11)15-12(18)10-8-19-13(14-10)9-4-3-5-9/h1-2,6-9H,3-5H2,(H,15,18). The van der Waals surface area contributed by atoms with Gasteiger partial charge in [-0.05, 0) is 18.9 Å². The van der Waals surface area contributed by atoms with Crippen molar-refractivity contribution < 1.29 is 9.21 Å². The molecule has 6 heteroatoms. The molecule has 0 bridgehead atoms. The van der Waals surface area contributed by atoms with E-state index in [-0.39, 0.29) is 11.3 Å². The zero-order chi connectivity index (χ0) is 13.2. The van der Waals surface area contributed by atoms with Gasteiger partial charge in [0.05, 0.1) is 0 Å². The zero-order valence-corrected chi connectivity index (χ0v) is 10.2. The number of aromatic nitrogens is 2. The minimum absolute atomic E-state index is 0.192. The molecule has 1 aliphatic carbocycles. The van der Waals surface area contributed by atoms with Crippen LogP contribution in [-0.2, 0) is 0 Å². The lowest BCUT2D eigenvalue weighted by Crippen LogP contribution is -2.32. The molecule has 2 aromatic rings. The smallest absolute Gasteiger partial charge is 0.292 e. The maximum absolute atomic E-state index is 11.9. The molecule has 1 fully saturated rings. The Kier molecular flexibility index (Phi) is 2.91. The molecule has 1 N–H and O–H groups in total. The van der Waals surface area contributed by atoms with Gasteiger partial charge in [-0.2, -0.15) is 0 Å². The summed E-state index contributed by atoms with van der Waals surface area (Å²) in [5, 5.41) is 0. The van der Waals surface area contributed by atoms with Crippen LogP contribution in [0.15, 0.2) is 39.9 Å². The Bertz CT molecular complexity index is 655. The maximum Gasteiger partial charge on any atom is 0.292 e. The highest BCUT2D eigenvalue weighted by Crippen LogP contribution is 2.35. The lowest BCUT2D eigenvalue weighted by Gasteiger charge is -2.21. The van der Waals surface area contributed by atoms with Gasteiger partial charge in [-0.3, -0.25) is 15.0 Å². The number of nitrogens with zero attached hydrogens (tertiary/aromatic N) is 2. The molecule has 0 saturated heterocycles. The Morgan fingerprint density at radius 2 is 2.26 bits per heavy atom. The Morgan fingerprint density at radius 1 is 1.42 bits per heavy atom. The fraction of sp³-hybridized carbons (Fsp3) is 0.308. The van der Waals surface area contributed by atoms with Gasteiger partial charge in [0.2, 0.25) is 0 Å². The first kappa shape index (κ1) is 11.7. The molecule has 2 heterocycles. The molecule has 1 amide bonds. The number of carbonyl (C=O) groups excluding carboxylic acids is 1. The third kappa shape index (κ3) is 2.29. The van der Waals surface area contributed by atoms with Crippen molar-refractivity contribution in [2.45, 2.75) is 25.2 Å². The summed E-state index contributed by atoms with van der Waals surface area (Å²) >= 11 is 0. The van der Waals surface area contributed by atoms with Crippen molar-refractivity contribution in [2.75, 3.05) is 5.43 Å². The highest BCUT2D eigenvalue weighted by molar-refractivity contribution is 5.97. The first-order valence-electron chi connectivity index (χ1n) is 6.18. The Balaban J connectivity index is 1.75. The van der Waals surface area contributed by atoms with Crippen molar-refractivity contribution in [3.05, 3.63) is 52.6 Å². The number of pyridine rings is 1. The van der Waals surface area contributed by atoms with Gasteiger partial charge in [0, 0.05) is 18.2 Å². The van der Waals surface area contributed by atoms with Gasteiger partial charge >= 0.3 is 0 Å². The molecule has 6 nitrogen and oxygen atoms in total. The van der Waals surface area contributed by atoms with Crippen molar-refractivity contribution in [3.63, 3.8) is 0 Å². The largest absolute Gasteiger partial charge is 0.448 e. The predicted molar refractivity (Wildman–Crippen MR) is 67.5 cm³/mol. The SMILES string of the molecule is O=C(Nn1ccccc1=O)c1coc(C2CCC2)n1. The molecule has 19 heavy (non-hydrogen) atoms. The van der Waals surface area contributed by atoms with Gasteiger partial charge < -0.3 is 4.42 Å². The zero-order valence-electron chi connectivity index (χ0n) is 10.2. The van der Waals surface area contributed by atoms with Crippen molar-refractivity contribution in [1.82, 2.24) is 9.66 Å². The normalized spacial score (nSPS) is 14.9. The monoisotopic (exact) mass is 259 g/mol. The molecule has 0 spiro atoms. The van der Waals surface area contributed by atoms with Crippen LogP contribution in [0.4, 0.5) is 0 Å². The van der Waals surface area contributed by atoms with E-state index in [1.165, 1.54) is 24.9 Å². The summed E-state index contributed by atoms with van der Waals surface area (Å²) in [5.41, 5.74) is 2.34. The molecule has 0 atom stereocenters. The fourth-order valence-electron chi connectivity index (χ4n) is 1.92. The van der Waals surface area contributed by atoms with Gasteiger partial charge in [0.1, 0.15) is 6.26 Å². The second-order valence-corrected chi connectivity index (χ2v) is 4.55. The molecule has 0 aliphatic heterocycles. The van der Waals surface area contributed by atoms with Crippen molar-refractivity contribution in [1.29, 1.82) is 0 Å². The summed E-state index contributed by atoms with van der Waals surface area (Å²) in [6.07, 6.45) is 6.09. The van der Waals surface area contributed by atoms with Crippen molar-refractivity contribution >= 4 is 5.91 Å². The van der Waals surface area contributed by atoms with Crippen LogP contribution in [0.2, 0.25) is 0 Å². The second kappa shape index (κ2) is 4.72. The number of hydrogen-bond donors (Lipinski definition) is 1. The van der Waals surface area contributed by atoms with Crippen LogP contribution in [0.3, 0.4) is 0 Å².